The summed E-state index contributed by atoms with van der Waals surface area (Å²) in [4.78, 5) is 16.4. The topological polar surface area (TPSA) is 81.7 Å². The maximum Gasteiger partial charge on any atom is 0.241 e. The molecule has 1 aromatic carbocycles. The molecule has 3 N–H and O–H groups in total. The number of fused-ring (bicyclic) bond motifs is 1. The highest BCUT2D eigenvalue weighted by molar-refractivity contribution is 5.94. The van der Waals surface area contributed by atoms with Crippen LogP contribution in [0.1, 0.15) is 25.5 Å². The second-order valence-electron chi connectivity index (χ2n) is 5.90. The molecular weight excluding hydrogens is 387 g/mol. The molecule has 0 aliphatic carbocycles. The first-order valence-electron chi connectivity index (χ1n) is 8.37. The Labute approximate surface area is 170 Å². The van der Waals surface area contributed by atoms with Crippen LogP contribution in [-0.2, 0) is 11.4 Å². The number of rotatable bonds is 7. The number of hydrogen-bond acceptors (Lipinski definition) is 4. The number of nitrogens with two attached hydrogens (primary N) is 1. The van der Waals surface area contributed by atoms with Gasteiger partial charge in [0.15, 0.2) is 0 Å². The van der Waals surface area contributed by atoms with E-state index in [-0.39, 0.29) is 30.7 Å². The number of amides is 1. The standard InChI is InChI=1S/C19H22N4O2.2ClH/c1-2-5-17(20)19(24)22-14-7-9-16(10-8-14)25-13-15-12-23-11-4-3-6-18(23)21-15;;/h3-4,6-12,17H,2,5,13,20H2,1H3,(H,22,24);2*1H. The average molecular weight is 411 g/mol. The van der Waals surface area contributed by atoms with Crippen LogP contribution in [-0.4, -0.2) is 21.3 Å². The number of nitrogens with zero attached hydrogens (tertiary/aromatic N) is 2. The van der Waals surface area contributed by atoms with Gasteiger partial charge in [-0.05, 0) is 42.8 Å². The molecule has 6 nitrogen and oxygen atoms in total. The molecule has 0 aliphatic rings. The smallest absolute Gasteiger partial charge is 0.241 e. The zero-order valence-corrected chi connectivity index (χ0v) is 16.6. The van der Waals surface area contributed by atoms with Crippen molar-refractivity contribution in [3.8, 4) is 5.75 Å². The second-order valence-corrected chi connectivity index (χ2v) is 5.90. The van der Waals surface area contributed by atoms with E-state index in [0.29, 0.717) is 24.5 Å². The van der Waals surface area contributed by atoms with E-state index in [1.807, 2.05) is 54.0 Å². The van der Waals surface area contributed by atoms with Crippen molar-refractivity contribution < 1.29 is 9.53 Å². The van der Waals surface area contributed by atoms with Gasteiger partial charge >= 0.3 is 0 Å². The van der Waals surface area contributed by atoms with Crippen LogP contribution in [0.25, 0.3) is 5.65 Å². The number of imidazole rings is 1. The first-order valence-corrected chi connectivity index (χ1v) is 8.37. The van der Waals surface area contributed by atoms with Crippen molar-refractivity contribution in [2.75, 3.05) is 5.32 Å². The summed E-state index contributed by atoms with van der Waals surface area (Å²) >= 11 is 0. The summed E-state index contributed by atoms with van der Waals surface area (Å²) in [7, 11) is 0. The number of nitrogens with one attached hydrogen (secondary N) is 1. The van der Waals surface area contributed by atoms with Gasteiger partial charge in [-0.15, -0.1) is 24.8 Å². The van der Waals surface area contributed by atoms with Gasteiger partial charge in [-0.1, -0.05) is 19.4 Å². The monoisotopic (exact) mass is 410 g/mol. The number of benzene rings is 1. The largest absolute Gasteiger partial charge is 0.487 e. The number of carbonyl (C=O) groups excluding carboxylic acids is 1. The van der Waals surface area contributed by atoms with Crippen LogP contribution in [0.3, 0.4) is 0 Å². The quantitative estimate of drug-likeness (QED) is 0.619. The van der Waals surface area contributed by atoms with Crippen LogP contribution in [0.4, 0.5) is 5.69 Å². The molecule has 0 saturated heterocycles. The van der Waals surface area contributed by atoms with E-state index in [9.17, 15) is 4.79 Å². The predicted molar refractivity (Wildman–Crippen MR) is 112 cm³/mol. The molecule has 1 atom stereocenters. The number of carbonyl (C=O) groups is 1. The number of anilines is 1. The Balaban J connectivity index is 0.00000182. The Bertz CT molecular complexity index is 819. The summed E-state index contributed by atoms with van der Waals surface area (Å²) in [6.45, 7) is 2.39. The molecule has 3 rings (SSSR count). The minimum atomic E-state index is -0.476. The van der Waals surface area contributed by atoms with Gasteiger partial charge in [0.1, 0.15) is 18.0 Å². The van der Waals surface area contributed by atoms with Crippen molar-refractivity contribution in [3.63, 3.8) is 0 Å². The molecule has 0 spiro atoms. The summed E-state index contributed by atoms with van der Waals surface area (Å²) < 4.78 is 7.71. The normalized spacial score (nSPS) is 11.2. The Kier molecular flexibility index (Phi) is 9.08. The molecule has 27 heavy (non-hydrogen) atoms. The van der Waals surface area contributed by atoms with E-state index in [1.54, 1.807) is 12.1 Å². The molecule has 2 aromatic heterocycles. The highest BCUT2D eigenvalue weighted by Crippen LogP contribution is 2.17. The Morgan fingerprint density at radius 1 is 1.22 bits per heavy atom. The zero-order chi connectivity index (χ0) is 17.6. The number of aromatic nitrogens is 2. The lowest BCUT2D eigenvalue weighted by molar-refractivity contribution is -0.117. The van der Waals surface area contributed by atoms with Crippen molar-refractivity contribution in [2.45, 2.75) is 32.4 Å². The molecule has 0 fully saturated rings. The Morgan fingerprint density at radius 2 is 1.96 bits per heavy atom. The summed E-state index contributed by atoms with van der Waals surface area (Å²) in [6.07, 6.45) is 5.45. The fourth-order valence-electron chi connectivity index (χ4n) is 2.53. The van der Waals surface area contributed by atoms with E-state index in [4.69, 9.17) is 10.5 Å². The molecule has 1 amide bonds. The molecule has 8 heteroatoms. The maximum atomic E-state index is 11.9. The van der Waals surface area contributed by atoms with Crippen molar-refractivity contribution in [2.24, 2.45) is 5.73 Å². The SMILES string of the molecule is CCCC(N)C(=O)Nc1ccc(OCc2cn3ccccc3n2)cc1.Cl.Cl. The molecule has 0 radical (unpaired) electrons. The minimum Gasteiger partial charge on any atom is -0.487 e. The number of pyridine rings is 1. The fraction of sp³-hybridized carbons (Fsp3) is 0.263. The van der Waals surface area contributed by atoms with Gasteiger partial charge in [-0.2, -0.15) is 0 Å². The molecular formula is C19H24Cl2N4O2. The van der Waals surface area contributed by atoms with E-state index < -0.39 is 6.04 Å². The molecule has 3 aromatic rings. The van der Waals surface area contributed by atoms with Crippen LogP contribution in [0.5, 0.6) is 5.75 Å². The summed E-state index contributed by atoms with van der Waals surface area (Å²) in [5.74, 6) is 0.549. The fourth-order valence-corrected chi connectivity index (χ4v) is 2.53. The van der Waals surface area contributed by atoms with Gasteiger partial charge in [-0.25, -0.2) is 4.98 Å². The predicted octanol–water partition coefficient (Wildman–Crippen LogP) is 3.82. The van der Waals surface area contributed by atoms with Crippen molar-refractivity contribution in [1.29, 1.82) is 0 Å². The van der Waals surface area contributed by atoms with Gasteiger partial charge in [0, 0.05) is 18.1 Å². The highest BCUT2D eigenvalue weighted by Gasteiger charge is 2.12. The minimum absolute atomic E-state index is 0. The molecule has 2 heterocycles. The summed E-state index contributed by atoms with van der Waals surface area (Å²) in [6, 6.07) is 12.6. The molecule has 1 unspecified atom stereocenters. The van der Waals surface area contributed by atoms with Crippen molar-refractivity contribution >= 4 is 42.1 Å². The van der Waals surface area contributed by atoms with Gasteiger partial charge in [0.25, 0.3) is 0 Å². The Hall–Kier alpha value is -2.28. The third-order valence-corrected chi connectivity index (χ3v) is 3.86. The lowest BCUT2D eigenvalue weighted by atomic mass is 10.1. The third kappa shape index (κ3) is 6.13. The number of halogens is 2. The Morgan fingerprint density at radius 3 is 2.63 bits per heavy atom. The second kappa shape index (κ2) is 10.8. The number of ether oxygens (including phenoxy) is 1. The van der Waals surface area contributed by atoms with Crippen LogP contribution < -0.4 is 15.8 Å². The van der Waals surface area contributed by atoms with E-state index in [0.717, 1.165) is 17.8 Å². The van der Waals surface area contributed by atoms with Crippen LogP contribution in [0, 0.1) is 0 Å². The van der Waals surface area contributed by atoms with Crippen LogP contribution in [0.15, 0.2) is 54.9 Å². The number of hydrogen-bond donors (Lipinski definition) is 2. The lowest BCUT2D eigenvalue weighted by Crippen LogP contribution is -2.35. The molecule has 0 aliphatic heterocycles. The van der Waals surface area contributed by atoms with E-state index in [2.05, 4.69) is 10.3 Å². The summed E-state index contributed by atoms with van der Waals surface area (Å²) in [5.41, 5.74) is 8.26. The zero-order valence-electron chi connectivity index (χ0n) is 15.0. The molecule has 146 valence electrons. The van der Waals surface area contributed by atoms with E-state index >= 15 is 0 Å². The summed E-state index contributed by atoms with van der Waals surface area (Å²) in [5, 5.41) is 2.81. The van der Waals surface area contributed by atoms with Crippen molar-refractivity contribution in [1.82, 2.24) is 9.38 Å². The van der Waals surface area contributed by atoms with Gasteiger partial charge in [0.05, 0.1) is 11.7 Å². The first kappa shape index (κ1) is 22.8. The van der Waals surface area contributed by atoms with Gasteiger partial charge in [-0.3, -0.25) is 4.79 Å². The average Bonchev–Trinajstić information content (AvgIpc) is 3.04. The third-order valence-electron chi connectivity index (χ3n) is 3.86. The van der Waals surface area contributed by atoms with Crippen LogP contribution >= 0.6 is 24.8 Å². The van der Waals surface area contributed by atoms with Crippen molar-refractivity contribution in [3.05, 3.63) is 60.6 Å². The van der Waals surface area contributed by atoms with E-state index in [1.165, 1.54) is 0 Å². The van der Waals surface area contributed by atoms with Gasteiger partial charge in [0.2, 0.25) is 5.91 Å². The molecule has 0 bridgehead atoms. The highest BCUT2D eigenvalue weighted by atomic mass is 35.5. The maximum absolute atomic E-state index is 11.9. The van der Waals surface area contributed by atoms with Gasteiger partial charge < -0.3 is 20.2 Å². The molecule has 0 saturated carbocycles. The van der Waals surface area contributed by atoms with Crippen LogP contribution in [0.2, 0.25) is 0 Å². The first-order chi connectivity index (χ1) is 12.2. The lowest BCUT2D eigenvalue weighted by Gasteiger charge is -2.11.